The normalized spacial score (nSPS) is 11.6. The van der Waals surface area contributed by atoms with Crippen LogP contribution in [0, 0.1) is 0 Å². The van der Waals surface area contributed by atoms with E-state index in [1.54, 1.807) is 6.07 Å². The van der Waals surface area contributed by atoms with Crippen LogP contribution in [0.25, 0.3) is 0 Å². The number of hydrogen-bond donors (Lipinski definition) is 3. The molecule has 1 heterocycles. The van der Waals surface area contributed by atoms with Crippen molar-refractivity contribution >= 4 is 40.0 Å². The number of guanidine groups is 1. The van der Waals surface area contributed by atoms with Gasteiger partial charge in [-0.05, 0) is 24.6 Å². The molecule has 0 amide bonds. The number of rotatable bonds is 11. The Bertz CT molecular complexity index is 820. The van der Waals surface area contributed by atoms with Crippen molar-refractivity contribution in [2.45, 2.75) is 18.4 Å². The molecule has 0 bridgehead atoms. The average Bonchev–Trinajstić information content (AvgIpc) is 2.72. The third-order valence-corrected chi connectivity index (χ3v) is 5.06. The van der Waals surface area contributed by atoms with Crippen LogP contribution in [0.5, 0.6) is 0 Å². The van der Waals surface area contributed by atoms with E-state index in [1.165, 1.54) is 18.5 Å². The van der Waals surface area contributed by atoms with Crippen LogP contribution in [0.4, 0.5) is 0 Å². The Morgan fingerprint density at radius 1 is 1.10 bits per heavy atom. The van der Waals surface area contributed by atoms with Crippen LogP contribution in [0.2, 0.25) is 0 Å². The van der Waals surface area contributed by atoms with E-state index in [9.17, 15) is 8.42 Å². The fraction of sp³-hybridized carbons (Fsp3) is 0.368. The summed E-state index contributed by atoms with van der Waals surface area (Å²) in [5, 5.41) is 6.28. The van der Waals surface area contributed by atoms with Gasteiger partial charge in [-0.25, -0.2) is 13.1 Å². The summed E-state index contributed by atoms with van der Waals surface area (Å²) >= 11 is 0. The number of aliphatic imine (C=N–C) groups is 1. The van der Waals surface area contributed by atoms with Crippen molar-refractivity contribution < 1.29 is 13.2 Å². The SMILES string of the molecule is CCNC(=NCCNS(=O)(=O)c1cccnc1)NCCOCc1ccccc1.I. The number of ether oxygens (including phenoxy) is 1. The van der Waals surface area contributed by atoms with Gasteiger partial charge in [-0.3, -0.25) is 9.98 Å². The Kier molecular flexibility index (Phi) is 12.4. The Labute approximate surface area is 189 Å². The molecule has 0 radical (unpaired) electrons. The van der Waals surface area contributed by atoms with Gasteiger partial charge in [0.15, 0.2) is 5.96 Å². The van der Waals surface area contributed by atoms with E-state index in [0.717, 1.165) is 5.56 Å². The maximum atomic E-state index is 12.1. The molecule has 0 aliphatic rings. The van der Waals surface area contributed by atoms with Gasteiger partial charge < -0.3 is 15.4 Å². The second-order valence-corrected chi connectivity index (χ2v) is 7.58. The Balaban J connectivity index is 0.00000420. The second-order valence-electron chi connectivity index (χ2n) is 5.81. The van der Waals surface area contributed by atoms with Gasteiger partial charge in [0.25, 0.3) is 0 Å². The fourth-order valence-corrected chi connectivity index (χ4v) is 3.27. The zero-order valence-electron chi connectivity index (χ0n) is 16.4. The van der Waals surface area contributed by atoms with Crippen molar-refractivity contribution in [1.29, 1.82) is 0 Å². The minimum atomic E-state index is -3.56. The average molecular weight is 533 g/mol. The zero-order valence-corrected chi connectivity index (χ0v) is 19.5. The molecule has 1 aromatic carbocycles. The molecule has 0 aliphatic heterocycles. The van der Waals surface area contributed by atoms with Crippen LogP contribution in [0.1, 0.15) is 12.5 Å². The first-order valence-electron chi connectivity index (χ1n) is 9.15. The Morgan fingerprint density at radius 2 is 1.90 bits per heavy atom. The highest BCUT2D eigenvalue weighted by Gasteiger charge is 2.12. The minimum absolute atomic E-state index is 0. The number of aromatic nitrogens is 1. The van der Waals surface area contributed by atoms with Gasteiger partial charge in [0.05, 0.1) is 19.8 Å². The topological polar surface area (TPSA) is 105 Å². The van der Waals surface area contributed by atoms with Crippen molar-refractivity contribution in [3.63, 3.8) is 0 Å². The van der Waals surface area contributed by atoms with E-state index in [2.05, 4.69) is 25.3 Å². The van der Waals surface area contributed by atoms with Crippen molar-refractivity contribution in [3.8, 4) is 0 Å². The molecule has 0 atom stereocenters. The number of nitrogens with one attached hydrogen (secondary N) is 3. The highest BCUT2D eigenvalue weighted by atomic mass is 127. The van der Waals surface area contributed by atoms with Gasteiger partial charge in [-0.2, -0.15) is 0 Å². The van der Waals surface area contributed by atoms with Gasteiger partial charge in [0, 0.05) is 32.0 Å². The van der Waals surface area contributed by atoms with E-state index in [4.69, 9.17) is 4.74 Å². The quantitative estimate of drug-likeness (QED) is 0.176. The van der Waals surface area contributed by atoms with E-state index >= 15 is 0 Å². The lowest BCUT2D eigenvalue weighted by Gasteiger charge is -2.12. The van der Waals surface area contributed by atoms with Gasteiger partial charge in [-0.1, -0.05) is 30.3 Å². The smallest absolute Gasteiger partial charge is 0.242 e. The number of sulfonamides is 1. The molecule has 29 heavy (non-hydrogen) atoms. The van der Waals surface area contributed by atoms with E-state index in [-0.39, 0.29) is 35.4 Å². The van der Waals surface area contributed by atoms with Crippen molar-refractivity contribution in [2.75, 3.05) is 32.8 Å². The molecule has 1 aromatic heterocycles. The summed E-state index contributed by atoms with van der Waals surface area (Å²) in [4.78, 5) is 8.32. The lowest BCUT2D eigenvalue weighted by molar-refractivity contribution is 0.125. The summed E-state index contributed by atoms with van der Waals surface area (Å²) in [6.45, 7) is 4.86. The molecule has 0 unspecified atom stereocenters. The maximum Gasteiger partial charge on any atom is 0.242 e. The van der Waals surface area contributed by atoms with Crippen LogP contribution in [0.15, 0.2) is 64.7 Å². The zero-order chi connectivity index (χ0) is 20.1. The molecular weight excluding hydrogens is 505 g/mol. The highest BCUT2D eigenvalue weighted by molar-refractivity contribution is 14.0. The number of nitrogens with zero attached hydrogens (tertiary/aromatic N) is 2. The van der Waals surface area contributed by atoms with Crippen LogP contribution in [-0.4, -0.2) is 52.1 Å². The number of hydrogen-bond acceptors (Lipinski definition) is 5. The Hall–Kier alpha value is -1.76. The highest BCUT2D eigenvalue weighted by Crippen LogP contribution is 2.04. The monoisotopic (exact) mass is 533 g/mol. The molecule has 0 spiro atoms. The first kappa shape index (κ1) is 25.3. The maximum absolute atomic E-state index is 12.1. The van der Waals surface area contributed by atoms with Crippen LogP contribution in [-0.2, 0) is 21.4 Å². The van der Waals surface area contributed by atoms with Crippen LogP contribution in [0.3, 0.4) is 0 Å². The molecule has 2 rings (SSSR count). The molecule has 0 aliphatic carbocycles. The molecule has 2 aromatic rings. The van der Waals surface area contributed by atoms with Gasteiger partial charge >= 0.3 is 0 Å². The van der Waals surface area contributed by atoms with Crippen molar-refractivity contribution in [2.24, 2.45) is 4.99 Å². The predicted octanol–water partition coefficient (Wildman–Crippen LogP) is 1.75. The summed E-state index contributed by atoms with van der Waals surface area (Å²) in [6.07, 6.45) is 2.84. The first-order valence-corrected chi connectivity index (χ1v) is 10.6. The molecule has 0 saturated carbocycles. The van der Waals surface area contributed by atoms with Gasteiger partial charge in [-0.15, -0.1) is 24.0 Å². The third kappa shape index (κ3) is 10.0. The first-order chi connectivity index (χ1) is 13.6. The molecule has 0 fully saturated rings. The minimum Gasteiger partial charge on any atom is -0.375 e. The summed E-state index contributed by atoms with van der Waals surface area (Å²) in [5.74, 6) is 0.617. The van der Waals surface area contributed by atoms with Crippen molar-refractivity contribution in [1.82, 2.24) is 20.3 Å². The van der Waals surface area contributed by atoms with Crippen LogP contribution >= 0.6 is 24.0 Å². The van der Waals surface area contributed by atoms with Crippen LogP contribution < -0.4 is 15.4 Å². The molecule has 10 heteroatoms. The largest absolute Gasteiger partial charge is 0.375 e. The summed E-state index contributed by atoms with van der Waals surface area (Å²) in [5.41, 5.74) is 1.13. The lowest BCUT2D eigenvalue weighted by atomic mass is 10.2. The number of pyridine rings is 1. The molecule has 0 saturated heterocycles. The van der Waals surface area contributed by atoms with Gasteiger partial charge in [0.1, 0.15) is 4.90 Å². The summed E-state index contributed by atoms with van der Waals surface area (Å²) in [7, 11) is -3.56. The Morgan fingerprint density at radius 3 is 2.59 bits per heavy atom. The third-order valence-electron chi connectivity index (χ3n) is 3.61. The summed E-state index contributed by atoms with van der Waals surface area (Å²) in [6, 6.07) is 13.1. The number of benzene rings is 1. The molecule has 160 valence electrons. The standard InChI is InChI=1S/C19H27N5O3S.HI/c1-2-21-19(23-13-14-27-16-17-7-4-3-5-8-17)22-11-12-24-28(25,26)18-9-6-10-20-15-18;/h3-10,15,24H,2,11-14,16H2,1H3,(H2,21,22,23);1H. The molecular formula is C19H28IN5O3S. The predicted molar refractivity (Wildman–Crippen MR) is 125 cm³/mol. The van der Waals surface area contributed by atoms with E-state index < -0.39 is 10.0 Å². The lowest BCUT2D eigenvalue weighted by Crippen LogP contribution is -2.39. The van der Waals surface area contributed by atoms with Crippen molar-refractivity contribution in [3.05, 3.63) is 60.4 Å². The molecule has 8 nitrogen and oxygen atoms in total. The number of halogens is 1. The molecule has 3 N–H and O–H groups in total. The van der Waals surface area contributed by atoms with E-state index in [0.29, 0.717) is 38.8 Å². The van der Waals surface area contributed by atoms with Gasteiger partial charge in [0.2, 0.25) is 10.0 Å². The van der Waals surface area contributed by atoms with E-state index in [1.807, 2.05) is 37.3 Å². The summed E-state index contributed by atoms with van der Waals surface area (Å²) < 4.78 is 32.4. The fourth-order valence-electron chi connectivity index (χ4n) is 2.28. The second kappa shape index (κ2) is 14.3.